The Morgan fingerprint density at radius 1 is 1.62 bits per heavy atom. The highest BCUT2D eigenvalue weighted by Gasteiger charge is 2.01. The molecule has 0 aliphatic rings. The van der Waals surface area contributed by atoms with E-state index in [1.165, 1.54) is 6.08 Å². The van der Waals surface area contributed by atoms with E-state index in [-0.39, 0.29) is 0 Å². The molecule has 0 saturated heterocycles. The molecular formula is C11H18O2. The first-order valence-electron chi connectivity index (χ1n) is 4.72. The lowest BCUT2D eigenvalue weighted by Gasteiger charge is -2.07. The number of rotatable bonds is 7. The Bertz CT molecular complexity index is 183. The van der Waals surface area contributed by atoms with Crippen molar-refractivity contribution >= 4 is 5.97 Å². The molecular weight excluding hydrogens is 164 g/mol. The molecule has 0 fully saturated rings. The van der Waals surface area contributed by atoms with Crippen molar-refractivity contribution in [1.29, 1.82) is 0 Å². The number of unbranched alkanes of at least 4 members (excludes halogenated alkanes) is 1. The monoisotopic (exact) mass is 182 g/mol. The Labute approximate surface area is 80.0 Å². The molecule has 0 aromatic rings. The number of hydrogen-bond donors (Lipinski definition) is 1. The average molecular weight is 182 g/mol. The smallest absolute Gasteiger partial charge is 0.327 e. The van der Waals surface area contributed by atoms with Crippen molar-refractivity contribution in [1.82, 2.24) is 0 Å². The number of carboxylic acid groups (broad SMARTS) is 1. The fourth-order valence-corrected chi connectivity index (χ4v) is 1.19. The molecule has 1 unspecified atom stereocenters. The van der Waals surface area contributed by atoms with Crippen LogP contribution in [-0.2, 0) is 4.79 Å². The van der Waals surface area contributed by atoms with Crippen LogP contribution in [0.15, 0.2) is 24.8 Å². The summed E-state index contributed by atoms with van der Waals surface area (Å²) in [5, 5.41) is 8.44. The SMILES string of the molecule is C=CCC(C=CC(=O)O)CCCC. The predicted octanol–water partition coefficient (Wildman–Crippen LogP) is 3.01. The summed E-state index contributed by atoms with van der Waals surface area (Å²) in [5.41, 5.74) is 0. The summed E-state index contributed by atoms with van der Waals surface area (Å²) in [4.78, 5) is 10.3. The lowest BCUT2D eigenvalue weighted by molar-refractivity contribution is -0.131. The number of allylic oxidation sites excluding steroid dienone is 2. The lowest BCUT2D eigenvalue weighted by atomic mass is 9.98. The molecule has 0 radical (unpaired) electrons. The van der Waals surface area contributed by atoms with E-state index in [1.807, 2.05) is 6.08 Å². The Morgan fingerprint density at radius 2 is 2.31 bits per heavy atom. The van der Waals surface area contributed by atoms with Crippen molar-refractivity contribution in [2.45, 2.75) is 32.6 Å². The summed E-state index contributed by atoms with van der Waals surface area (Å²) in [7, 11) is 0. The molecule has 2 heteroatoms. The highest BCUT2D eigenvalue weighted by atomic mass is 16.4. The van der Waals surface area contributed by atoms with E-state index in [0.717, 1.165) is 25.7 Å². The van der Waals surface area contributed by atoms with E-state index >= 15 is 0 Å². The maximum atomic E-state index is 10.3. The van der Waals surface area contributed by atoms with Gasteiger partial charge in [0, 0.05) is 6.08 Å². The summed E-state index contributed by atoms with van der Waals surface area (Å²) >= 11 is 0. The van der Waals surface area contributed by atoms with E-state index in [4.69, 9.17) is 5.11 Å². The van der Waals surface area contributed by atoms with Gasteiger partial charge in [0.15, 0.2) is 0 Å². The highest BCUT2D eigenvalue weighted by molar-refractivity contribution is 5.79. The molecule has 0 aromatic heterocycles. The zero-order chi connectivity index (χ0) is 10.1. The van der Waals surface area contributed by atoms with Crippen molar-refractivity contribution in [3.63, 3.8) is 0 Å². The van der Waals surface area contributed by atoms with E-state index in [9.17, 15) is 4.79 Å². The van der Waals surface area contributed by atoms with Crippen LogP contribution in [-0.4, -0.2) is 11.1 Å². The van der Waals surface area contributed by atoms with Crippen LogP contribution in [0.1, 0.15) is 32.6 Å². The second-order valence-corrected chi connectivity index (χ2v) is 3.12. The third-order valence-electron chi connectivity index (χ3n) is 1.91. The minimum atomic E-state index is -0.870. The Balaban J connectivity index is 3.92. The van der Waals surface area contributed by atoms with E-state index < -0.39 is 5.97 Å². The summed E-state index contributed by atoms with van der Waals surface area (Å²) in [6.45, 7) is 5.79. The van der Waals surface area contributed by atoms with E-state index in [0.29, 0.717) is 5.92 Å². The van der Waals surface area contributed by atoms with Crippen LogP contribution in [0.4, 0.5) is 0 Å². The average Bonchev–Trinajstić information content (AvgIpc) is 2.09. The van der Waals surface area contributed by atoms with Crippen LogP contribution in [0, 0.1) is 5.92 Å². The largest absolute Gasteiger partial charge is 0.478 e. The van der Waals surface area contributed by atoms with Gasteiger partial charge in [0.1, 0.15) is 0 Å². The fourth-order valence-electron chi connectivity index (χ4n) is 1.19. The van der Waals surface area contributed by atoms with Gasteiger partial charge in [0.05, 0.1) is 0 Å². The molecule has 1 N–H and O–H groups in total. The summed E-state index contributed by atoms with van der Waals surface area (Å²) in [6.07, 6.45) is 9.03. The van der Waals surface area contributed by atoms with Crippen LogP contribution in [0.2, 0.25) is 0 Å². The molecule has 74 valence electrons. The number of hydrogen-bond acceptors (Lipinski definition) is 1. The van der Waals surface area contributed by atoms with Crippen LogP contribution in [0.25, 0.3) is 0 Å². The van der Waals surface area contributed by atoms with Crippen molar-refractivity contribution in [3.8, 4) is 0 Å². The zero-order valence-corrected chi connectivity index (χ0v) is 8.20. The number of aliphatic carboxylic acids is 1. The van der Waals surface area contributed by atoms with Crippen LogP contribution in [0.5, 0.6) is 0 Å². The van der Waals surface area contributed by atoms with Gasteiger partial charge in [-0.2, -0.15) is 0 Å². The van der Waals surface area contributed by atoms with Gasteiger partial charge in [-0.3, -0.25) is 0 Å². The molecule has 13 heavy (non-hydrogen) atoms. The Hall–Kier alpha value is -1.05. The minimum Gasteiger partial charge on any atom is -0.478 e. The van der Waals surface area contributed by atoms with Gasteiger partial charge in [0.2, 0.25) is 0 Å². The third kappa shape index (κ3) is 7.32. The molecule has 0 spiro atoms. The van der Waals surface area contributed by atoms with Crippen molar-refractivity contribution in [3.05, 3.63) is 24.8 Å². The van der Waals surface area contributed by atoms with Gasteiger partial charge in [-0.1, -0.05) is 31.9 Å². The van der Waals surface area contributed by atoms with Gasteiger partial charge in [-0.15, -0.1) is 6.58 Å². The van der Waals surface area contributed by atoms with Gasteiger partial charge in [-0.25, -0.2) is 4.79 Å². The predicted molar refractivity (Wildman–Crippen MR) is 54.6 cm³/mol. The third-order valence-corrected chi connectivity index (χ3v) is 1.91. The van der Waals surface area contributed by atoms with E-state index in [2.05, 4.69) is 13.5 Å². The molecule has 0 amide bonds. The zero-order valence-electron chi connectivity index (χ0n) is 8.20. The molecule has 0 aliphatic heterocycles. The van der Waals surface area contributed by atoms with Crippen LogP contribution >= 0.6 is 0 Å². The molecule has 0 heterocycles. The summed E-state index contributed by atoms with van der Waals surface area (Å²) in [6, 6.07) is 0. The van der Waals surface area contributed by atoms with Crippen molar-refractivity contribution in [2.75, 3.05) is 0 Å². The molecule has 1 atom stereocenters. The molecule has 0 aromatic carbocycles. The lowest BCUT2D eigenvalue weighted by Crippen LogP contribution is -1.96. The topological polar surface area (TPSA) is 37.3 Å². The van der Waals surface area contributed by atoms with Gasteiger partial charge in [-0.05, 0) is 18.8 Å². The maximum Gasteiger partial charge on any atom is 0.327 e. The van der Waals surface area contributed by atoms with Crippen molar-refractivity contribution in [2.24, 2.45) is 5.92 Å². The quantitative estimate of drug-likeness (QED) is 0.485. The summed E-state index contributed by atoms with van der Waals surface area (Å²) in [5.74, 6) is -0.529. The standard InChI is InChI=1S/C11H18O2/c1-3-5-7-10(6-4-2)8-9-11(12)13/h4,8-10H,2-3,5-7H2,1H3,(H,12,13). The Morgan fingerprint density at radius 3 is 2.77 bits per heavy atom. The molecule has 0 rings (SSSR count). The van der Waals surface area contributed by atoms with Crippen LogP contribution in [0.3, 0.4) is 0 Å². The highest BCUT2D eigenvalue weighted by Crippen LogP contribution is 2.14. The normalized spacial score (nSPS) is 13.0. The van der Waals surface area contributed by atoms with Gasteiger partial charge >= 0.3 is 5.97 Å². The minimum absolute atomic E-state index is 0.341. The van der Waals surface area contributed by atoms with Crippen molar-refractivity contribution < 1.29 is 9.90 Å². The van der Waals surface area contributed by atoms with Gasteiger partial charge < -0.3 is 5.11 Å². The van der Waals surface area contributed by atoms with E-state index in [1.54, 1.807) is 6.08 Å². The first-order valence-corrected chi connectivity index (χ1v) is 4.72. The molecule has 0 aliphatic carbocycles. The second kappa shape index (κ2) is 7.59. The molecule has 2 nitrogen and oxygen atoms in total. The fraction of sp³-hybridized carbons (Fsp3) is 0.545. The molecule has 0 saturated carbocycles. The van der Waals surface area contributed by atoms with Gasteiger partial charge in [0.25, 0.3) is 0 Å². The first kappa shape index (κ1) is 11.9. The molecule has 0 bridgehead atoms. The first-order chi connectivity index (χ1) is 6.20. The second-order valence-electron chi connectivity index (χ2n) is 3.12. The summed E-state index contributed by atoms with van der Waals surface area (Å²) < 4.78 is 0. The Kier molecular flexibility index (Phi) is 6.98. The number of carbonyl (C=O) groups is 1. The maximum absolute atomic E-state index is 10.3. The van der Waals surface area contributed by atoms with Crippen LogP contribution < -0.4 is 0 Å². The number of carboxylic acids is 1.